The summed E-state index contributed by atoms with van der Waals surface area (Å²) in [6, 6.07) is 15.2. The monoisotopic (exact) mass is 417 g/mol. The first-order chi connectivity index (χ1) is 13.5. The Morgan fingerprint density at radius 1 is 1.10 bits per heavy atom. The van der Waals surface area contributed by atoms with Crippen molar-refractivity contribution in [1.29, 1.82) is 0 Å². The van der Waals surface area contributed by atoms with E-state index in [4.69, 9.17) is 16.3 Å². The minimum Gasteiger partial charge on any atom is -0.481 e. The zero-order valence-corrected chi connectivity index (χ0v) is 18.0. The van der Waals surface area contributed by atoms with Gasteiger partial charge in [0, 0.05) is 11.1 Å². The molecule has 2 aromatic carbocycles. The molecule has 0 aliphatic heterocycles. The molecule has 1 unspecified atom stereocenters. The minimum atomic E-state index is -0.891. The SMILES string of the molecule is C[C@@H](CC(Cc1ccc(-c2cccc(Cl)c2)cc1)NC(=O)OC(C)(C)C)C(=O)O. The van der Waals surface area contributed by atoms with E-state index < -0.39 is 23.6 Å². The molecule has 156 valence electrons. The number of hydrogen-bond acceptors (Lipinski definition) is 3. The molecule has 0 aromatic heterocycles. The van der Waals surface area contributed by atoms with E-state index in [0.29, 0.717) is 17.9 Å². The molecule has 2 atom stereocenters. The van der Waals surface area contributed by atoms with Crippen molar-refractivity contribution in [3.63, 3.8) is 0 Å². The van der Waals surface area contributed by atoms with E-state index in [1.165, 1.54) is 0 Å². The summed E-state index contributed by atoms with van der Waals surface area (Å²) in [4.78, 5) is 23.5. The summed E-state index contributed by atoms with van der Waals surface area (Å²) in [5.41, 5.74) is 2.43. The third-order valence-electron chi connectivity index (χ3n) is 4.37. The fourth-order valence-electron chi connectivity index (χ4n) is 2.98. The predicted octanol–water partition coefficient (Wildman–Crippen LogP) is 5.55. The molecule has 0 radical (unpaired) electrons. The van der Waals surface area contributed by atoms with E-state index >= 15 is 0 Å². The van der Waals surface area contributed by atoms with Crippen LogP contribution in [0.5, 0.6) is 0 Å². The third-order valence-corrected chi connectivity index (χ3v) is 4.61. The van der Waals surface area contributed by atoms with Gasteiger partial charge in [0.2, 0.25) is 0 Å². The van der Waals surface area contributed by atoms with Crippen LogP contribution in [0.2, 0.25) is 5.02 Å². The first-order valence-corrected chi connectivity index (χ1v) is 9.98. The van der Waals surface area contributed by atoms with E-state index in [-0.39, 0.29) is 6.04 Å². The number of carbonyl (C=O) groups excluding carboxylic acids is 1. The average Bonchev–Trinajstić information content (AvgIpc) is 2.60. The molecule has 0 saturated heterocycles. The largest absolute Gasteiger partial charge is 0.481 e. The van der Waals surface area contributed by atoms with Crippen LogP contribution in [0.25, 0.3) is 11.1 Å². The number of nitrogens with one attached hydrogen (secondary N) is 1. The van der Waals surface area contributed by atoms with Crippen molar-refractivity contribution in [3.05, 3.63) is 59.1 Å². The van der Waals surface area contributed by atoms with Crippen molar-refractivity contribution in [2.75, 3.05) is 0 Å². The number of halogens is 1. The van der Waals surface area contributed by atoms with Gasteiger partial charge in [0.1, 0.15) is 5.60 Å². The summed E-state index contributed by atoms with van der Waals surface area (Å²) in [5, 5.41) is 12.7. The van der Waals surface area contributed by atoms with E-state index in [1.807, 2.05) is 48.5 Å². The predicted molar refractivity (Wildman–Crippen MR) is 115 cm³/mol. The van der Waals surface area contributed by atoms with Gasteiger partial charge in [-0.2, -0.15) is 0 Å². The van der Waals surface area contributed by atoms with E-state index in [2.05, 4.69) is 5.32 Å². The van der Waals surface area contributed by atoms with Gasteiger partial charge in [-0.05, 0) is 62.4 Å². The Morgan fingerprint density at radius 2 is 1.76 bits per heavy atom. The fourth-order valence-corrected chi connectivity index (χ4v) is 3.17. The molecule has 0 aliphatic rings. The van der Waals surface area contributed by atoms with Gasteiger partial charge in [-0.1, -0.05) is 54.9 Å². The maximum Gasteiger partial charge on any atom is 0.407 e. The van der Waals surface area contributed by atoms with Crippen LogP contribution in [-0.4, -0.2) is 28.8 Å². The molecule has 2 aromatic rings. The summed E-state index contributed by atoms with van der Waals surface area (Å²) in [5.74, 6) is -1.47. The van der Waals surface area contributed by atoms with Crippen LogP contribution in [0, 0.1) is 5.92 Å². The fraction of sp³-hybridized carbons (Fsp3) is 0.391. The Labute approximate surface area is 177 Å². The molecule has 6 heteroatoms. The van der Waals surface area contributed by atoms with Crippen LogP contribution in [0.4, 0.5) is 4.79 Å². The molecule has 0 bridgehead atoms. The second-order valence-electron chi connectivity index (χ2n) is 8.23. The van der Waals surface area contributed by atoms with Crippen molar-refractivity contribution in [2.45, 2.75) is 52.2 Å². The van der Waals surface area contributed by atoms with Crippen molar-refractivity contribution in [1.82, 2.24) is 5.32 Å². The maximum absolute atomic E-state index is 12.2. The molecule has 29 heavy (non-hydrogen) atoms. The number of amides is 1. The highest BCUT2D eigenvalue weighted by Crippen LogP contribution is 2.24. The van der Waals surface area contributed by atoms with Gasteiger partial charge in [0.15, 0.2) is 0 Å². The van der Waals surface area contributed by atoms with Crippen LogP contribution in [0.3, 0.4) is 0 Å². The first kappa shape index (κ1) is 22.8. The Hall–Kier alpha value is -2.53. The van der Waals surface area contributed by atoms with Crippen molar-refractivity contribution < 1.29 is 19.4 Å². The highest BCUT2D eigenvalue weighted by Gasteiger charge is 2.23. The molecule has 0 spiro atoms. The molecular formula is C23H28ClNO4. The number of carbonyl (C=O) groups is 2. The van der Waals surface area contributed by atoms with E-state index in [1.54, 1.807) is 27.7 Å². The number of benzene rings is 2. The lowest BCUT2D eigenvalue weighted by Crippen LogP contribution is -2.41. The summed E-state index contributed by atoms with van der Waals surface area (Å²) < 4.78 is 5.33. The van der Waals surface area contributed by atoms with Gasteiger partial charge in [-0.15, -0.1) is 0 Å². The highest BCUT2D eigenvalue weighted by atomic mass is 35.5. The van der Waals surface area contributed by atoms with Crippen molar-refractivity contribution in [2.24, 2.45) is 5.92 Å². The Morgan fingerprint density at radius 3 is 2.31 bits per heavy atom. The number of alkyl carbamates (subject to hydrolysis) is 1. The number of ether oxygens (including phenoxy) is 1. The number of aliphatic carboxylic acids is 1. The lowest BCUT2D eigenvalue weighted by molar-refractivity contribution is -0.141. The molecule has 1 amide bonds. The second kappa shape index (κ2) is 9.79. The van der Waals surface area contributed by atoms with Crippen LogP contribution >= 0.6 is 11.6 Å². The molecule has 2 N–H and O–H groups in total. The van der Waals surface area contributed by atoms with Crippen LogP contribution < -0.4 is 5.32 Å². The zero-order chi connectivity index (χ0) is 21.6. The normalized spacial score (nSPS) is 13.4. The third kappa shape index (κ3) is 7.78. The van der Waals surface area contributed by atoms with Crippen LogP contribution in [0.15, 0.2) is 48.5 Å². The number of rotatable bonds is 7. The number of hydrogen-bond donors (Lipinski definition) is 2. The molecular weight excluding hydrogens is 390 g/mol. The van der Waals surface area contributed by atoms with Gasteiger partial charge >= 0.3 is 12.1 Å². The topological polar surface area (TPSA) is 75.6 Å². The molecule has 0 aliphatic carbocycles. The lowest BCUT2D eigenvalue weighted by Gasteiger charge is -2.24. The molecule has 0 fully saturated rings. The maximum atomic E-state index is 12.2. The Balaban J connectivity index is 2.12. The average molecular weight is 418 g/mol. The zero-order valence-electron chi connectivity index (χ0n) is 17.2. The van der Waals surface area contributed by atoms with Gasteiger partial charge in [0.25, 0.3) is 0 Å². The first-order valence-electron chi connectivity index (χ1n) is 9.60. The number of carboxylic acids is 1. The molecule has 2 rings (SSSR count). The minimum absolute atomic E-state index is 0.310. The van der Waals surface area contributed by atoms with Crippen molar-refractivity contribution >= 4 is 23.7 Å². The van der Waals surface area contributed by atoms with Gasteiger partial charge in [-0.25, -0.2) is 4.79 Å². The van der Waals surface area contributed by atoms with Crippen LogP contribution in [0.1, 0.15) is 39.7 Å². The Kier molecular flexibility index (Phi) is 7.68. The van der Waals surface area contributed by atoms with Gasteiger partial charge in [-0.3, -0.25) is 4.79 Å². The Bertz CT molecular complexity index is 843. The molecule has 5 nitrogen and oxygen atoms in total. The van der Waals surface area contributed by atoms with E-state index in [9.17, 15) is 14.7 Å². The summed E-state index contributed by atoms with van der Waals surface area (Å²) >= 11 is 6.06. The summed E-state index contributed by atoms with van der Waals surface area (Å²) in [6.07, 6.45) is 0.271. The van der Waals surface area contributed by atoms with Crippen molar-refractivity contribution in [3.8, 4) is 11.1 Å². The van der Waals surface area contributed by atoms with Gasteiger partial charge in [0.05, 0.1) is 5.92 Å². The number of carboxylic acid groups (broad SMARTS) is 1. The lowest BCUT2D eigenvalue weighted by atomic mass is 9.95. The summed E-state index contributed by atoms with van der Waals surface area (Å²) in [6.45, 7) is 7.00. The molecule has 0 heterocycles. The quantitative estimate of drug-likeness (QED) is 0.618. The molecule has 0 saturated carbocycles. The van der Waals surface area contributed by atoms with Crippen LogP contribution in [-0.2, 0) is 16.0 Å². The van der Waals surface area contributed by atoms with E-state index in [0.717, 1.165) is 16.7 Å². The standard InChI is InChI=1S/C23H28ClNO4/c1-15(21(26)27)12-20(25-22(28)29-23(2,3)4)13-16-8-10-17(11-9-16)18-6-5-7-19(24)14-18/h5-11,14-15,20H,12-13H2,1-4H3,(H,25,28)(H,26,27)/t15-,20?/m0/s1. The summed E-state index contributed by atoms with van der Waals surface area (Å²) in [7, 11) is 0. The van der Waals surface area contributed by atoms with Gasteiger partial charge < -0.3 is 15.2 Å². The second-order valence-corrected chi connectivity index (χ2v) is 8.67. The smallest absolute Gasteiger partial charge is 0.407 e. The highest BCUT2D eigenvalue weighted by molar-refractivity contribution is 6.30.